The largest absolute Gasteiger partial charge is 0.417 e. The number of benzene rings is 1. The van der Waals surface area contributed by atoms with Gasteiger partial charge in [-0.3, -0.25) is 4.79 Å². The van der Waals surface area contributed by atoms with Crippen LogP contribution in [0.4, 0.5) is 24.7 Å². The van der Waals surface area contributed by atoms with Gasteiger partial charge < -0.3 is 20.0 Å². The fraction of sp³-hybridized carbons (Fsp3) is 0.613. The van der Waals surface area contributed by atoms with Crippen LogP contribution in [-0.2, 0) is 16.4 Å². The number of nitrogens with zero attached hydrogens (tertiary/aromatic N) is 4. The van der Waals surface area contributed by atoms with Crippen molar-refractivity contribution in [3.05, 3.63) is 53.7 Å². The Morgan fingerprint density at radius 3 is 2.05 bits per heavy atom. The number of carbonyl (C=O) groups is 1. The number of alkyl halides is 3. The van der Waals surface area contributed by atoms with Crippen LogP contribution in [0.15, 0.2) is 42.6 Å². The Morgan fingerprint density at radius 2 is 1.52 bits per heavy atom. The predicted octanol–water partition coefficient (Wildman–Crippen LogP) is 5.90. The normalized spacial score (nSPS) is 22.2. The number of nitrogens with one attached hydrogen (secondary N) is 1. The standard InChI is InChI=1S/C30H40F3N5O.CH4/c1-29(2,3)23-4-7-26(8-5-23)38-19-21-17-36(18-22(21)20-38)13-12-28(39)37-14-10-25(11-15-37)35-27-9-6-24(16-34-27)30(31,32)33;/h4-9,16,21-22,25H,10-15,17-20H2,1-3H3,(H,34,35);1H4. The average molecular weight is 560 g/mol. The number of carbonyl (C=O) groups excluding carboxylic acids is 1. The van der Waals surface area contributed by atoms with E-state index in [1.54, 1.807) is 0 Å². The SMILES string of the molecule is C.CC(C)(C)c1ccc(N2CC3CN(CCC(=O)N4CCC(Nc5ccc(C(F)(F)F)cn5)CC4)CC3C2)cc1. The third kappa shape index (κ3) is 7.09. The van der Waals surface area contributed by atoms with E-state index in [2.05, 4.69) is 65.1 Å². The summed E-state index contributed by atoms with van der Waals surface area (Å²) in [7, 11) is 0. The monoisotopic (exact) mass is 559 g/mol. The average Bonchev–Trinajstić information content (AvgIpc) is 3.46. The molecular weight excluding hydrogens is 515 g/mol. The maximum atomic E-state index is 12.9. The summed E-state index contributed by atoms with van der Waals surface area (Å²) in [4.78, 5) is 23.7. The number of pyridine rings is 1. The summed E-state index contributed by atoms with van der Waals surface area (Å²) in [6.45, 7) is 13.1. The molecule has 0 aliphatic carbocycles. The van der Waals surface area contributed by atoms with E-state index in [-0.39, 0.29) is 24.8 Å². The number of hydrogen-bond donors (Lipinski definition) is 1. The van der Waals surface area contributed by atoms with Crippen LogP contribution in [0, 0.1) is 11.8 Å². The third-order valence-corrected chi connectivity index (χ3v) is 8.59. The van der Waals surface area contributed by atoms with E-state index in [4.69, 9.17) is 0 Å². The van der Waals surface area contributed by atoms with Crippen molar-refractivity contribution in [3.8, 4) is 0 Å². The number of rotatable bonds is 6. The molecule has 3 fully saturated rings. The molecule has 1 aromatic carbocycles. The minimum atomic E-state index is -4.38. The number of likely N-dealkylation sites (tertiary alicyclic amines) is 2. The molecule has 2 unspecified atom stereocenters. The van der Waals surface area contributed by atoms with Crippen LogP contribution in [0.1, 0.15) is 58.6 Å². The Morgan fingerprint density at radius 1 is 0.925 bits per heavy atom. The highest BCUT2D eigenvalue weighted by Gasteiger charge is 2.40. The lowest BCUT2D eigenvalue weighted by Crippen LogP contribution is -2.43. The molecule has 1 amide bonds. The molecular formula is C31H44F3N5O. The van der Waals surface area contributed by atoms with Crippen molar-refractivity contribution >= 4 is 17.4 Å². The lowest BCUT2D eigenvalue weighted by molar-refractivity contribution is -0.137. The van der Waals surface area contributed by atoms with Gasteiger partial charge in [-0.15, -0.1) is 0 Å². The van der Waals surface area contributed by atoms with Crippen molar-refractivity contribution in [2.75, 3.05) is 56.0 Å². The zero-order chi connectivity index (χ0) is 27.8. The molecule has 40 heavy (non-hydrogen) atoms. The Balaban J connectivity index is 0.00000370. The Hall–Kier alpha value is -2.81. The second-order valence-corrected chi connectivity index (χ2v) is 12.5. The number of anilines is 2. The molecule has 0 bridgehead atoms. The Labute approximate surface area is 236 Å². The van der Waals surface area contributed by atoms with Gasteiger partial charge in [0.05, 0.1) is 5.56 Å². The predicted molar refractivity (Wildman–Crippen MR) is 155 cm³/mol. The van der Waals surface area contributed by atoms with Crippen LogP contribution in [0.2, 0.25) is 0 Å². The number of halogens is 3. The zero-order valence-electron chi connectivity index (χ0n) is 23.2. The smallest absolute Gasteiger partial charge is 0.371 e. The van der Waals surface area contributed by atoms with E-state index in [1.165, 1.54) is 17.3 Å². The molecule has 1 N–H and O–H groups in total. The summed E-state index contributed by atoms with van der Waals surface area (Å²) in [5, 5.41) is 3.21. The van der Waals surface area contributed by atoms with Crippen molar-refractivity contribution in [2.45, 2.75) is 65.1 Å². The van der Waals surface area contributed by atoms with Gasteiger partial charge in [-0.1, -0.05) is 40.3 Å². The molecule has 2 aromatic rings. The van der Waals surface area contributed by atoms with Gasteiger partial charge in [-0.2, -0.15) is 13.2 Å². The van der Waals surface area contributed by atoms with E-state index >= 15 is 0 Å². The van der Waals surface area contributed by atoms with Gasteiger partial charge in [0.1, 0.15) is 5.82 Å². The van der Waals surface area contributed by atoms with Crippen LogP contribution in [0.3, 0.4) is 0 Å². The molecule has 3 aliphatic rings. The second-order valence-electron chi connectivity index (χ2n) is 12.5. The molecule has 0 radical (unpaired) electrons. The molecule has 0 saturated carbocycles. The van der Waals surface area contributed by atoms with Crippen molar-refractivity contribution in [2.24, 2.45) is 11.8 Å². The summed E-state index contributed by atoms with van der Waals surface area (Å²) >= 11 is 0. The first-order valence-electron chi connectivity index (χ1n) is 14.1. The van der Waals surface area contributed by atoms with Gasteiger partial charge in [0.15, 0.2) is 0 Å². The minimum absolute atomic E-state index is 0. The number of fused-ring (bicyclic) bond motifs is 1. The van der Waals surface area contributed by atoms with Crippen LogP contribution >= 0.6 is 0 Å². The van der Waals surface area contributed by atoms with E-state index in [9.17, 15) is 18.0 Å². The number of amides is 1. The van der Waals surface area contributed by atoms with Crippen molar-refractivity contribution < 1.29 is 18.0 Å². The molecule has 9 heteroatoms. The van der Waals surface area contributed by atoms with E-state index in [0.717, 1.165) is 57.8 Å². The maximum Gasteiger partial charge on any atom is 0.417 e. The van der Waals surface area contributed by atoms with Crippen LogP contribution in [0.5, 0.6) is 0 Å². The second kappa shape index (κ2) is 12.0. The molecule has 1 aromatic heterocycles. The van der Waals surface area contributed by atoms with Crippen LogP contribution < -0.4 is 10.2 Å². The molecule has 3 saturated heterocycles. The van der Waals surface area contributed by atoms with Gasteiger partial charge in [-0.25, -0.2) is 4.98 Å². The van der Waals surface area contributed by atoms with Gasteiger partial charge >= 0.3 is 6.18 Å². The quantitative estimate of drug-likeness (QED) is 0.478. The fourth-order valence-corrected chi connectivity index (χ4v) is 6.20. The first-order chi connectivity index (χ1) is 18.5. The van der Waals surface area contributed by atoms with E-state index in [0.29, 0.717) is 37.2 Å². The van der Waals surface area contributed by atoms with Crippen LogP contribution in [0.25, 0.3) is 0 Å². The summed E-state index contributed by atoms with van der Waals surface area (Å²) in [6, 6.07) is 11.5. The van der Waals surface area contributed by atoms with Crippen molar-refractivity contribution in [3.63, 3.8) is 0 Å². The highest BCUT2D eigenvalue weighted by atomic mass is 19.4. The molecule has 4 heterocycles. The minimum Gasteiger partial charge on any atom is -0.371 e. The first kappa shape index (κ1) is 30.2. The highest BCUT2D eigenvalue weighted by molar-refractivity contribution is 5.76. The zero-order valence-corrected chi connectivity index (χ0v) is 23.2. The number of piperidine rings is 1. The summed E-state index contributed by atoms with van der Waals surface area (Å²) in [5.41, 5.74) is 2.08. The third-order valence-electron chi connectivity index (χ3n) is 8.59. The van der Waals surface area contributed by atoms with E-state index < -0.39 is 11.7 Å². The molecule has 5 rings (SSSR count). The molecule has 0 spiro atoms. The van der Waals surface area contributed by atoms with Gasteiger partial charge in [0.25, 0.3) is 0 Å². The summed E-state index contributed by atoms with van der Waals surface area (Å²) in [6.07, 6.45) is -1.47. The molecule has 2 atom stereocenters. The van der Waals surface area contributed by atoms with Gasteiger partial charge in [0, 0.05) is 70.2 Å². The van der Waals surface area contributed by atoms with Gasteiger partial charge in [0.2, 0.25) is 5.91 Å². The Bertz CT molecular complexity index is 1110. The van der Waals surface area contributed by atoms with Crippen molar-refractivity contribution in [1.29, 1.82) is 0 Å². The number of aromatic nitrogens is 1. The Kier molecular flexibility index (Phi) is 9.02. The summed E-state index contributed by atoms with van der Waals surface area (Å²) in [5.74, 6) is 1.94. The fourth-order valence-electron chi connectivity index (χ4n) is 6.20. The lowest BCUT2D eigenvalue weighted by Gasteiger charge is -2.33. The highest BCUT2D eigenvalue weighted by Crippen LogP contribution is 2.35. The maximum absolute atomic E-state index is 12.9. The summed E-state index contributed by atoms with van der Waals surface area (Å²) < 4.78 is 38.2. The molecule has 6 nitrogen and oxygen atoms in total. The molecule has 3 aliphatic heterocycles. The molecule has 220 valence electrons. The topological polar surface area (TPSA) is 51.7 Å². The first-order valence-corrected chi connectivity index (χ1v) is 14.1. The van der Waals surface area contributed by atoms with E-state index in [1.807, 2.05) is 4.90 Å². The van der Waals surface area contributed by atoms with Gasteiger partial charge in [-0.05, 0) is 59.9 Å². The van der Waals surface area contributed by atoms with Crippen molar-refractivity contribution in [1.82, 2.24) is 14.8 Å². The van der Waals surface area contributed by atoms with Crippen LogP contribution in [-0.4, -0.2) is 72.5 Å². The lowest BCUT2D eigenvalue weighted by atomic mass is 9.87. The number of hydrogen-bond acceptors (Lipinski definition) is 5.